The van der Waals surface area contributed by atoms with E-state index < -0.39 is 0 Å². The highest BCUT2D eigenvalue weighted by atomic mass is 14.9. The fraction of sp³-hybridized carbons (Fsp3) is 0.154. The summed E-state index contributed by atoms with van der Waals surface area (Å²) < 4.78 is 0. The third kappa shape index (κ3) is 2.81. The van der Waals surface area contributed by atoms with E-state index in [0.29, 0.717) is 0 Å². The van der Waals surface area contributed by atoms with Gasteiger partial charge in [-0.3, -0.25) is 0 Å². The largest absolute Gasteiger partial charge is 0.381 e. The zero-order valence-electron chi connectivity index (χ0n) is 8.83. The lowest BCUT2D eigenvalue weighted by molar-refractivity contribution is -0.378. The monoisotopic (exact) mass is 199 g/mol. The van der Waals surface area contributed by atoms with Crippen molar-refractivity contribution in [1.29, 1.82) is 0 Å². The summed E-state index contributed by atoms with van der Waals surface area (Å²) in [5, 5.41) is 3.39. The maximum Gasteiger partial charge on any atom is 0.167 e. The molecule has 0 saturated heterocycles. The number of aromatic amines is 1. The molecule has 2 heteroatoms. The van der Waals surface area contributed by atoms with E-state index in [1.807, 2.05) is 12.4 Å². The first-order chi connectivity index (χ1) is 7.34. The number of hydrogen-bond acceptors (Lipinski definition) is 1. The first-order valence-electron chi connectivity index (χ1n) is 5.10. The summed E-state index contributed by atoms with van der Waals surface area (Å²) in [5.41, 5.74) is 3.72. The number of anilines is 1. The van der Waals surface area contributed by atoms with Crippen LogP contribution in [0, 0.1) is 6.92 Å². The van der Waals surface area contributed by atoms with Gasteiger partial charge in [-0.15, -0.1) is 0 Å². The molecule has 0 bridgehead atoms. The zero-order chi connectivity index (χ0) is 10.5. The van der Waals surface area contributed by atoms with Gasteiger partial charge in [-0.05, 0) is 30.2 Å². The van der Waals surface area contributed by atoms with Crippen LogP contribution in [0.3, 0.4) is 0 Å². The molecule has 76 valence electrons. The van der Waals surface area contributed by atoms with Crippen LogP contribution in [0.4, 0.5) is 5.69 Å². The predicted octanol–water partition coefficient (Wildman–Crippen LogP) is 2.42. The smallest absolute Gasteiger partial charge is 0.167 e. The van der Waals surface area contributed by atoms with Crippen molar-refractivity contribution in [2.24, 2.45) is 0 Å². The lowest BCUT2D eigenvalue weighted by Crippen LogP contribution is -2.03. The minimum Gasteiger partial charge on any atom is -0.381 e. The molecule has 0 aliphatic rings. The third-order valence-electron chi connectivity index (χ3n) is 2.30. The Morgan fingerprint density at radius 2 is 1.93 bits per heavy atom. The number of nitrogens with one attached hydrogen (secondary N) is 2. The number of pyridine rings is 1. The quantitative estimate of drug-likeness (QED) is 0.807. The topological polar surface area (TPSA) is 26.2 Å². The van der Waals surface area contributed by atoms with Crippen LogP contribution in [0.5, 0.6) is 0 Å². The van der Waals surface area contributed by atoms with Gasteiger partial charge in [0.25, 0.3) is 0 Å². The Bertz CT molecular complexity index is 424. The van der Waals surface area contributed by atoms with Crippen LogP contribution in [0.15, 0.2) is 48.8 Å². The highest BCUT2D eigenvalue weighted by molar-refractivity contribution is 5.45. The first-order valence-corrected chi connectivity index (χ1v) is 5.10. The third-order valence-corrected chi connectivity index (χ3v) is 2.30. The van der Waals surface area contributed by atoms with Crippen molar-refractivity contribution in [3.63, 3.8) is 0 Å². The van der Waals surface area contributed by atoms with Gasteiger partial charge in [-0.1, -0.05) is 12.1 Å². The average Bonchev–Trinajstić information content (AvgIpc) is 2.28. The van der Waals surface area contributed by atoms with E-state index >= 15 is 0 Å². The summed E-state index contributed by atoms with van der Waals surface area (Å²) in [6.45, 7) is 2.96. The molecule has 1 aromatic carbocycles. The van der Waals surface area contributed by atoms with Crippen molar-refractivity contribution in [1.82, 2.24) is 0 Å². The molecule has 0 aliphatic heterocycles. The van der Waals surface area contributed by atoms with Gasteiger partial charge >= 0.3 is 0 Å². The van der Waals surface area contributed by atoms with Gasteiger partial charge in [0, 0.05) is 24.4 Å². The number of aryl methyl sites for hydroxylation is 1. The molecule has 1 heterocycles. The van der Waals surface area contributed by atoms with Gasteiger partial charge in [-0.25, -0.2) is 4.98 Å². The molecule has 15 heavy (non-hydrogen) atoms. The van der Waals surface area contributed by atoms with Crippen LogP contribution in [0.25, 0.3) is 0 Å². The van der Waals surface area contributed by atoms with Crippen LogP contribution in [-0.4, -0.2) is 0 Å². The molecule has 0 spiro atoms. The molecule has 1 aromatic heterocycles. The Balaban J connectivity index is 1.99. The lowest BCUT2D eigenvalue weighted by Gasteiger charge is -2.05. The summed E-state index contributed by atoms with van der Waals surface area (Å²) in [7, 11) is 0. The van der Waals surface area contributed by atoms with Gasteiger partial charge in [0.05, 0.1) is 0 Å². The molecule has 2 aromatic rings. The minimum absolute atomic E-state index is 0.859. The van der Waals surface area contributed by atoms with E-state index in [2.05, 4.69) is 53.6 Å². The summed E-state index contributed by atoms with van der Waals surface area (Å²) in [6.07, 6.45) is 3.88. The standard InChI is InChI=1S/C13H14N2/c1-11-3-2-4-13(9-11)15-10-12-5-7-14-8-6-12/h2-9,15H,10H2,1H3/p+1. The summed E-state index contributed by atoms with van der Waals surface area (Å²) in [5.74, 6) is 0. The molecule has 0 saturated carbocycles. The Morgan fingerprint density at radius 3 is 2.67 bits per heavy atom. The molecule has 0 radical (unpaired) electrons. The normalized spacial score (nSPS) is 9.93. The second kappa shape index (κ2) is 4.60. The SMILES string of the molecule is Cc1cccc(NCc2cc[nH+]cc2)c1. The molecule has 2 rings (SSSR count). The molecule has 2 nitrogen and oxygen atoms in total. The number of benzene rings is 1. The van der Waals surface area contributed by atoms with Crippen LogP contribution >= 0.6 is 0 Å². The molecule has 0 aliphatic carbocycles. The van der Waals surface area contributed by atoms with Crippen LogP contribution in [-0.2, 0) is 6.54 Å². The van der Waals surface area contributed by atoms with E-state index in [9.17, 15) is 0 Å². The van der Waals surface area contributed by atoms with E-state index in [-0.39, 0.29) is 0 Å². The molecule has 0 amide bonds. The van der Waals surface area contributed by atoms with Crippen molar-refractivity contribution in [3.8, 4) is 0 Å². The Hall–Kier alpha value is -1.83. The van der Waals surface area contributed by atoms with Crippen LogP contribution < -0.4 is 10.3 Å². The zero-order valence-corrected chi connectivity index (χ0v) is 8.83. The van der Waals surface area contributed by atoms with Crippen LogP contribution in [0.1, 0.15) is 11.1 Å². The van der Waals surface area contributed by atoms with Gasteiger partial charge in [0.15, 0.2) is 12.4 Å². The van der Waals surface area contributed by atoms with Crippen molar-refractivity contribution in [2.45, 2.75) is 13.5 Å². The van der Waals surface area contributed by atoms with Crippen molar-refractivity contribution in [3.05, 3.63) is 59.9 Å². The highest BCUT2D eigenvalue weighted by Gasteiger charge is 1.94. The molecule has 0 atom stereocenters. The highest BCUT2D eigenvalue weighted by Crippen LogP contribution is 2.10. The summed E-state index contributed by atoms with van der Waals surface area (Å²) >= 11 is 0. The van der Waals surface area contributed by atoms with E-state index in [1.54, 1.807) is 0 Å². The fourth-order valence-corrected chi connectivity index (χ4v) is 1.50. The van der Waals surface area contributed by atoms with E-state index in [1.165, 1.54) is 16.8 Å². The average molecular weight is 199 g/mol. The first kappa shape index (κ1) is 9.71. The summed E-state index contributed by atoms with van der Waals surface area (Å²) in [4.78, 5) is 3.01. The minimum atomic E-state index is 0.859. The molecule has 0 fully saturated rings. The molecule has 2 N–H and O–H groups in total. The molecular weight excluding hydrogens is 184 g/mol. The van der Waals surface area contributed by atoms with E-state index in [0.717, 1.165) is 6.54 Å². The van der Waals surface area contributed by atoms with Crippen molar-refractivity contribution >= 4 is 5.69 Å². The number of aromatic nitrogens is 1. The van der Waals surface area contributed by atoms with Gasteiger partial charge in [0.1, 0.15) is 0 Å². The maximum absolute atomic E-state index is 3.39. The predicted molar refractivity (Wildman–Crippen MR) is 61.5 cm³/mol. The lowest BCUT2D eigenvalue weighted by atomic mass is 10.2. The molecule has 0 unspecified atom stereocenters. The Labute approximate surface area is 90.0 Å². The van der Waals surface area contributed by atoms with Gasteiger partial charge < -0.3 is 5.32 Å². The number of H-pyrrole nitrogens is 1. The maximum atomic E-state index is 3.39. The second-order valence-corrected chi connectivity index (χ2v) is 3.63. The van der Waals surface area contributed by atoms with Gasteiger partial charge in [0.2, 0.25) is 0 Å². The van der Waals surface area contributed by atoms with Crippen molar-refractivity contribution in [2.75, 3.05) is 5.32 Å². The van der Waals surface area contributed by atoms with Crippen LogP contribution in [0.2, 0.25) is 0 Å². The van der Waals surface area contributed by atoms with Crippen molar-refractivity contribution < 1.29 is 4.98 Å². The van der Waals surface area contributed by atoms with Gasteiger partial charge in [-0.2, -0.15) is 0 Å². The second-order valence-electron chi connectivity index (χ2n) is 3.63. The Kier molecular flexibility index (Phi) is 2.98. The number of rotatable bonds is 3. The fourth-order valence-electron chi connectivity index (χ4n) is 1.50. The Morgan fingerprint density at radius 1 is 1.13 bits per heavy atom. The molecular formula is C13H15N2+. The number of hydrogen-bond donors (Lipinski definition) is 1. The summed E-state index contributed by atoms with van der Waals surface area (Å²) in [6, 6.07) is 12.5. The van der Waals surface area contributed by atoms with E-state index in [4.69, 9.17) is 0 Å².